The molecule has 3 amide bonds. The molecule has 1 saturated carbocycles. The first-order chi connectivity index (χ1) is 8.49. The van der Waals surface area contributed by atoms with Gasteiger partial charge in [0, 0.05) is 11.4 Å². The lowest BCUT2D eigenvalue weighted by Gasteiger charge is -2.36. The third-order valence-electron chi connectivity index (χ3n) is 3.09. The first kappa shape index (κ1) is 12.4. The Morgan fingerprint density at radius 1 is 1.17 bits per heavy atom. The zero-order chi connectivity index (χ0) is 13.2. The number of hydrogen-bond acceptors (Lipinski definition) is 3. The Morgan fingerprint density at radius 2 is 1.78 bits per heavy atom. The highest BCUT2D eigenvalue weighted by Gasteiger charge is 2.40. The SMILES string of the molecule is NC(=O)Nc1cccc(NC(=O)C2(N)CCC2)c1. The van der Waals surface area contributed by atoms with Crippen molar-refractivity contribution in [3.05, 3.63) is 24.3 Å². The number of rotatable bonds is 3. The van der Waals surface area contributed by atoms with Crippen LogP contribution in [0.15, 0.2) is 24.3 Å². The van der Waals surface area contributed by atoms with Crippen molar-refractivity contribution in [1.29, 1.82) is 0 Å². The molecule has 0 unspecified atom stereocenters. The second kappa shape index (κ2) is 4.66. The maximum atomic E-state index is 11.9. The normalized spacial score (nSPS) is 16.5. The van der Waals surface area contributed by atoms with Crippen molar-refractivity contribution in [2.45, 2.75) is 24.8 Å². The third-order valence-corrected chi connectivity index (χ3v) is 3.09. The van der Waals surface area contributed by atoms with Crippen LogP contribution in [0.1, 0.15) is 19.3 Å². The third kappa shape index (κ3) is 2.60. The molecule has 6 heteroatoms. The summed E-state index contributed by atoms with van der Waals surface area (Å²) in [4.78, 5) is 22.6. The Kier molecular flexibility index (Phi) is 3.20. The zero-order valence-corrected chi connectivity index (χ0v) is 9.90. The molecule has 6 nitrogen and oxygen atoms in total. The number of carbonyl (C=O) groups is 2. The predicted molar refractivity (Wildman–Crippen MR) is 69.0 cm³/mol. The van der Waals surface area contributed by atoms with Crippen LogP contribution < -0.4 is 22.1 Å². The second-order valence-electron chi connectivity index (χ2n) is 4.53. The number of hydrogen-bond donors (Lipinski definition) is 4. The average Bonchev–Trinajstić information content (AvgIpc) is 2.25. The van der Waals surface area contributed by atoms with E-state index in [0.29, 0.717) is 24.2 Å². The van der Waals surface area contributed by atoms with Crippen molar-refractivity contribution in [2.24, 2.45) is 11.5 Å². The van der Waals surface area contributed by atoms with Gasteiger partial charge in [-0.2, -0.15) is 0 Å². The molecule has 0 aliphatic heterocycles. The highest BCUT2D eigenvalue weighted by atomic mass is 16.2. The fourth-order valence-corrected chi connectivity index (χ4v) is 1.86. The largest absolute Gasteiger partial charge is 0.351 e. The van der Waals surface area contributed by atoms with E-state index in [-0.39, 0.29) is 5.91 Å². The molecular weight excluding hydrogens is 232 g/mol. The summed E-state index contributed by atoms with van der Waals surface area (Å²) in [6.07, 6.45) is 2.39. The van der Waals surface area contributed by atoms with E-state index in [1.807, 2.05) is 0 Å². The van der Waals surface area contributed by atoms with Crippen molar-refractivity contribution < 1.29 is 9.59 Å². The fraction of sp³-hybridized carbons (Fsp3) is 0.333. The molecule has 1 fully saturated rings. The van der Waals surface area contributed by atoms with Crippen LogP contribution in [-0.2, 0) is 4.79 Å². The number of carbonyl (C=O) groups excluding carboxylic acids is 2. The van der Waals surface area contributed by atoms with Gasteiger partial charge in [-0.3, -0.25) is 4.79 Å². The smallest absolute Gasteiger partial charge is 0.316 e. The van der Waals surface area contributed by atoms with Crippen LogP contribution in [0.2, 0.25) is 0 Å². The van der Waals surface area contributed by atoms with Gasteiger partial charge in [-0.25, -0.2) is 4.79 Å². The molecule has 0 radical (unpaired) electrons. The van der Waals surface area contributed by atoms with E-state index in [0.717, 1.165) is 6.42 Å². The number of urea groups is 1. The standard InChI is InChI=1S/C12H16N4O2/c13-11(18)16-9-4-1-3-8(7-9)15-10(17)12(14)5-2-6-12/h1,3-4,7H,2,5-6,14H2,(H,15,17)(H3,13,16,18). The molecule has 18 heavy (non-hydrogen) atoms. The minimum atomic E-state index is -0.743. The zero-order valence-electron chi connectivity index (χ0n) is 9.90. The molecule has 1 aliphatic carbocycles. The van der Waals surface area contributed by atoms with Crippen molar-refractivity contribution in [3.8, 4) is 0 Å². The van der Waals surface area contributed by atoms with E-state index >= 15 is 0 Å². The van der Waals surface area contributed by atoms with Crippen LogP contribution in [0.3, 0.4) is 0 Å². The lowest BCUT2D eigenvalue weighted by molar-refractivity contribution is -0.123. The van der Waals surface area contributed by atoms with Gasteiger partial charge in [-0.15, -0.1) is 0 Å². The van der Waals surface area contributed by atoms with Gasteiger partial charge in [0.15, 0.2) is 0 Å². The minimum Gasteiger partial charge on any atom is -0.351 e. The lowest BCUT2D eigenvalue weighted by atomic mass is 9.77. The summed E-state index contributed by atoms with van der Waals surface area (Å²) >= 11 is 0. The van der Waals surface area contributed by atoms with Crippen molar-refractivity contribution in [3.63, 3.8) is 0 Å². The summed E-state index contributed by atoms with van der Waals surface area (Å²) in [5, 5.41) is 5.18. The molecule has 1 aromatic rings. The predicted octanol–water partition coefficient (Wildman–Crippen LogP) is 0.997. The van der Waals surface area contributed by atoms with Crippen molar-refractivity contribution in [1.82, 2.24) is 0 Å². The Hall–Kier alpha value is -2.08. The Morgan fingerprint density at radius 3 is 2.28 bits per heavy atom. The number of amides is 3. The van der Waals surface area contributed by atoms with E-state index in [9.17, 15) is 9.59 Å². The molecule has 6 N–H and O–H groups in total. The van der Waals surface area contributed by atoms with Crippen LogP contribution >= 0.6 is 0 Å². The summed E-state index contributed by atoms with van der Waals surface area (Å²) in [7, 11) is 0. The quantitative estimate of drug-likeness (QED) is 0.640. The van der Waals surface area contributed by atoms with Gasteiger partial charge < -0.3 is 22.1 Å². The van der Waals surface area contributed by atoms with Crippen molar-refractivity contribution >= 4 is 23.3 Å². The van der Waals surface area contributed by atoms with Gasteiger partial charge in [-0.05, 0) is 37.5 Å². The summed E-state index contributed by atoms with van der Waals surface area (Å²) in [6, 6.07) is 6.11. The summed E-state index contributed by atoms with van der Waals surface area (Å²) < 4.78 is 0. The summed E-state index contributed by atoms with van der Waals surface area (Å²) in [6.45, 7) is 0. The first-order valence-electron chi connectivity index (χ1n) is 5.76. The van der Waals surface area contributed by atoms with Crippen LogP contribution in [-0.4, -0.2) is 17.5 Å². The topological polar surface area (TPSA) is 110 Å². The van der Waals surface area contributed by atoms with E-state index in [1.54, 1.807) is 24.3 Å². The van der Waals surface area contributed by atoms with Gasteiger partial charge >= 0.3 is 6.03 Å². The molecule has 96 valence electrons. The molecule has 0 heterocycles. The number of nitrogens with one attached hydrogen (secondary N) is 2. The molecule has 0 saturated heterocycles. The molecule has 0 bridgehead atoms. The Bertz CT molecular complexity index is 483. The molecule has 1 aromatic carbocycles. The Labute approximate surface area is 105 Å². The fourth-order valence-electron chi connectivity index (χ4n) is 1.86. The van der Waals surface area contributed by atoms with Gasteiger partial charge in [0.1, 0.15) is 0 Å². The first-order valence-corrected chi connectivity index (χ1v) is 5.76. The second-order valence-corrected chi connectivity index (χ2v) is 4.53. The average molecular weight is 248 g/mol. The maximum absolute atomic E-state index is 11.9. The van der Waals surface area contributed by atoms with E-state index in [4.69, 9.17) is 11.5 Å². The van der Waals surface area contributed by atoms with Gasteiger partial charge in [0.2, 0.25) is 5.91 Å². The minimum absolute atomic E-state index is 0.190. The number of benzene rings is 1. The van der Waals surface area contributed by atoms with Crippen LogP contribution in [0.25, 0.3) is 0 Å². The van der Waals surface area contributed by atoms with Gasteiger partial charge in [0.25, 0.3) is 0 Å². The van der Waals surface area contributed by atoms with Gasteiger partial charge in [-0.1, -0.05) is 6.07 Å². The number of primary amides is 1. The van der Waals surface area contributed by atoms with E-state index < -0.39 is 11.6 Å². The molecule has 0 aromatic heterocycles. The molecule has 0 spiro atoms. The number of nitrogens with two attached hydrogens (primary N) is 2. The molecular formula is C12H16N4O2. The number of anilines is 2. The van der Waals surface area contributed by atoms with Gasteiger partial charge in [0.05, 0.1) is 5.54 Å². The molecule has 1 aliphatic rings. The van der Waals surface area contributed by atoms with Crippen LogP contribution in [0.5, 0.6) is 0 Å². The molecule has 0 atom stereocenters. The van der Waals surface area contributed by atoms with Crippen LogP contribution in [0.4, 0.5) is 16.2 Å². The maximum Gasteiger partial charge on any atom is 0.316 e. The van der Waals surface area contributed by atoms with Crippen LogP contribution in [0, 0.1) is 0 Å². The lowest BCUT2D eigenvalue weighted by Crippen LogP contribution is -2.56. The monoisotopic (exact) mass is 248 g/mol. The molecule has 2 rings (SSSR count). The summed E-state index contributed by atoms with van der Waals surface area (Å²) in [5.74, 6) is -0.190. The Balaban J connectivity index is 2.05. The van der Waals surface area contributed by atoms with E-state index in [1.165, 1.54) is 0 Å². The highest BCUT2D eigenvalue weighted by molar-refractivity contribution is 5.99. The van der Waals surface area contributed by atoms with E-state index in [2.05, 4.69) is 10.6 Å². The highest BCUT2D eigenvalue weighted by Crippen LogP contribution is 2.30. The summed E-state index contributed by atoms with van der Waals surface area (Å²) in [5.41, 5.74) is 11.3. The van der Waals surface area contributed by atoms with Crippen molar-refractivity contribution in [2.75, 3.05) is 10.6 Å².